The molecule has 2 atom stereocenters. The van der Waals surface area contributed by atoms with Crippen LogP contribution in [-0.4, -0.2) is 48.3 Å². The number of aliphatic hydroxyl groups excluding tert-OH is 3. The van der Waals surface area contributed by atoms with E-state index in [1.807, 2.05) is 30.3 Å². The zero-order valence-electron chi connectivity index (χ0n) is 16.5. The molecule has 2 unspecified atom stereocenters. The normalized spacial score (nSPS) is 12.7. The highest BCUT2D eigenvalue weighted by atomic mass is 16.5. The summed E-state index contributed by atoms with van der Waals surface area (Å²) in [6.07, 6.45) is -3.03. The van der Waals surface area contributed by atoms with Crippen molar-refractivity contribution < 1.29 is 34.3 Å². The highest BCUT2D eigenvalue weighted by molar-refractivity contribution is 5.67. The molecule has 0 fully saturated rings. The number of ether oxygens (including phenoxy) is 3. The maximum Gasteiger partial charge on any atom is 0.407 e. The zero-order chi connectivity index (χ0) is 21.2. The van der Waals surface area contributed by atoms with Gasteiger partial charge in [-0.15, -0.1) is 0 Å². The molecule has 0 radical (unpaired) electrons. The summed E-state index contributed by atoms with van der Waals surface area (Å²) in [7, 11) is 2.84. The van der Waals surface area contributed by atoms with E-state index < -0.39 is 18.3 Å². The molecule has 0 aromatic heterocycles. The van der Waals surface area contributed by atoms with Gasteiger partial charge < -0.3 is 34.8 Å². The molecule has 0 spiro atoms. The second-order valence-corrected chi connectivity index (χ2v) is 6.36. The first-order valence-corrected chi connectivity index (χ1v) is 9.16. The van der Waals surface area contributed by atoms with Crippen molar-refractivity contribution >= 4 is 6.09 Å². The number of hydrogen-bond donors (Lipinski definition) is 4. The molecule has 0 aliphatic heterocycles. The van der Waals surface area contributed by atoms with Crippen LogP contribution in [0.15, 0.2) is 42.5 Å². The van der Waals surface area contributed by atoms with E-state index in [4.69, 9.17) is 14.2 Å². The number of aliphatic hydroxyl groups is 3. The Labute approximate surface area is 169 Å². The van der Waals surface area contributed by atoms with Crippen molar-refractivity contribution in [1.82, 2.24) is 5.32 Å². The minimum absolute atomic E-state index is 0.0790. The zero-order valence-corrected chi connectivity index (χ0v) is 16.5. The van der Waals surface area contributed by atoms with E-state index in [2.05, 4.69) is 5.32 Å². The molecular weight excluding hydrogens is 378 g/mol. The molecule has 0 aliphatic rings. The fraction of sp³-hybridized carbons (Fsp3) is 0.381. The van der Waals surface area contributed by atoms with Gasteiger partial charge in [-0.05, 0) is 29.7 Å². The molecule has 4 N–H and O–H groups in total. The predicted octanol–water partition coefficient (Wildman–Crippen LogP) is 1.91. The van der Waals surface area contributed by atoms with Crippen molar-refractivity contribution in [3.8, 4) is 11.5 Å². The maximum absolute atomic E-state index is 11.8. The van der Waals surface area contributed by atoms with E-state index >= 15 is 0 Å². The van der Waals surface area contributed by atoms with Crippen LogP contribution in [-0.2, 0) is 18.0 Å². The molecule has 0 heterocycles. The van der Waals surface area contributed by atoms with Gasteiger partial charge in [-0.2, -0.15) is 0 Å². The van der Waals surface area contributed by atoms with Crippen LogP contribution < -0.4 is 14.8 Å². The van der Waals surface area contributed by atoms with E-state index in [0.717, 1.165) is 5.56 Å². The summed E-state index contributed by atoms with van der Waals surface area (Å²) < 4.78 is 15.6. The lowest BCUT2D eigenvalue weighted by atomic mass is 9.98. The fourth-order valence-electron chi connectivity index (χ4n) is 2.82. The number of benzene rings is 2. The van der Waals surface area contributed by atoms with Gasteiger partial charge in [-0.25, -0.2) is 4.79 Å². The van der Waals surface area contributed by atoms with Gasteiger partial charge in [-0.1, -0.05) is 30.3 Å². The summed E-state index contributed by atoms with van der Waals surface area (Å²) in [5.41, 5.74) is 1.68. The molecule has 0 saturated heterocycles. The molecule has 1 amide bonds. The summed E-state index contributed by atoms with van der Waals surface area (Å²) >= 11 is 0. The number of amides is 1. The van der Waals surface area contributed by atoms with Gasteiger partial charge in [0.2, 0.25) is 0 Å². The second-order valence-electron chi connectivity index (χ2n) is 6.36. The van der Waals surface area contributed by atoms with Crippen LogP contribution in [0.25, 0.3) is 0 Å². The molecule has 2 aromatic rings. The van der Waals surface area contributed by atoms with Crippen LogP contribution in [0, 0.1) is 0 Å². The Morgan fingerprint density at radius 2 is 1.66 bits per heavy atom. The Balaban J connectivity index is 1.90. The van der Waals surface area contributed by atoms with Crippen molar-refractivity contribution in [3.63, 3.8) is 0 Å². The number of carbonyl (C=O) groups excluding carboxylic acids is 1. The summed E-state index contributed by atoms with van der Waals surface area (Å²) in [5.74, 6) is 0.574. The Hall–Kier alpha value is -2.81. The van der Waals surface area contributed by atoms with Crippen molar-refractivity contribution in [3.05, 3.63) is 59.2 Å². The third kappa shape index (κ3) is 6.35. The number of rotatable bonds is 10. The average molecular weight is 405 g/mol. The predicted molar refractivity (Wildman–Crippen MR) is 106 cm³/mol. The van der Waals surface area contributed by atoms with Gasteiger partial charge in [0, 0.05) is 6.54 Å². The van der Waals surface area contributed by atoms with Gasteiger partial charge >= 0.3 is 6.09 Å². The van der Waals surface area contributed by atoms with Gasteiger partial charge in [-0.3, -0.25) is 0 Å². The van der Waals surface area contributed by atoms with E-state index in [0.29, 0.717) is 5.56 Å². The fourth-order valence-corrected chi connectivity index (χ4v) is 2.82. The summed E-state index contributed by atoms with van der Waals surface area (Å²) in [6, 6.07) is 12.4. The molecule has 0 bridgehead atoms. The summed E-state index contributed by atoms with van der Waals surface area (Å²) in [5, 5.41) is 32.8. The van der Waals surface area contributed by atoms with Crippen LogP contribution in [0.2, 0.25) is 0 Å². The van der Waals surface area contributed by atoms with E-state index in [1.54, 1.807) is 12.1 Å². The molecule has 2 rings (SSSR count). The first kappa shape index (κ1) is 22.5. The van der Waals surface area contributed by atoms with Gasteiger partial charge in [0.15, 0.2) is 0 Å². The van der Waals surface area contributed by atoms with Gasteiger partial charge in [0.1, 0.15) is 24.2 Å². The number of alkyl carbamates (subject to hydrolysis) is 1. The average Bonchev–Trinajstić information content (AvgIpc) is 2.76. The van der Waals surface area contributed by atoms with Crippen LogP contribution in [0.5, 0.6) is 11.5 Å². The Morgan fingerprint density at radius 3 is 2.21 bits per heavy atom. The molecular formula is C21H27NO7. The van der Waals surface area contributed by atoms with Gasteiger partial charge in [0.25, 0.3) is 0 Å². The summed E-state index contributed by atoms with van der Waals surface area (Å²) in [4.78, 5) is 11.8. The lowest BCUT2D eigenvalue weighted by molar-refractivity contribution is 0.0109. The number of carbonyl (C=O) groups is 1. The Bertz CT molecular complexity index is 757. The standard InChI is InChI=1S/C21H27NO7/c1-27-17-10-15(12-23)11-18(28-2)19(17)20(25)16(24)8-9-22-21(26)29-13-14-6-4-3-5-7-14/h3-7,10-11,16,20,23-25H,8-9,12-13H2,1-2H3,(H,22,26). The highest BCUT2D eigenvalue weighted by Gasteiger charge is 2.26. The van der Waals surface area contributed by atoms with Crippen molar-refractivity contribution in [2.75, 3.05) is 20.8 Å². The third-order valence-corrected chi connectivity index (χ3v) is 4.37. The quantitative estimate of drug-likeness (QED) is 0.477. The Morgan fingerprint density at radius 1 is 1.03 bits per heavy atom. The van der Waals surface area contributed by atoms with E-state index in [1.165, 1.54) is 14.2 Å². The van der Waals surface area contributed by atoms with Crippen LogP contribution in [0.4, 0.5) is 4.79 Å². The SMILES string of the molecule is COc1cc(CO)cc(OC)c1C(O)C(O)CCNC(=O)OCc1ccccc1. The lowest BCUT2D eigenvalue weighted by Crippen LogP contribution is -2.30. The molecule has 0 saturated carbocycles. The van der Waals surface area contributed by atoms with Crippen molar-refractivity contribution in [1.29, 1.82) is 0 Å². The number of hydrogen-bond acceptors (Lipinski definition) is 7. The minimum atomic E-state index is -1.31. The molecule has 2 aromatic carbocycles. The number of methoxy groups -OCH3 is 2. The van der Waals surface area contributed by atoms with Gasteiger partial charge in [0.05, 0.1) is 32.5 Å². The third-order valence-electron chi connectivity index (χ3n) is 4.37. The molecule has 29 heavy (non-hydrogen) atoms. The lowest BCUT2D eigenvalue weighted by Gasteiger charge is -2.23. The topological polar surface area (TPSA) is 117 Å². The monoisotopic (exact) mass is 405 g/mol. The van der Waals surface area contributed by atoms with E-state index in [9.17, 15) is 20.1 Å². The molecule has 158 valence electrons. The molecule has 8 nitrogen and oxygen atoms in total. The molecule has 0 aliphatic carbocycles. The maximum atomic E-state index is 11.8. The van der Waals surface area contributed by atoms with Crippen molar-refractivity contribution in [2.24, 2.45) is 0 Å². The van der Waals surface area contributed by atoms with Crippen molar-refractivity contribution in [2.45, 2.75) is 31.8 Å². The summed E-state index contributed by atoms with van der Waals surface area (Å²) in [6.45, 7) is 0.0231. The second kappa shape index (κ2) is 11.3. The minimum Gasteiger partial charge on any atom is -0.496 e. The first-order valence-electron chi connectivity index (χ1n) is 9.16. The van der Waals surface area contributed by atoms with Crippen LogP contribution in [0.1, 0.15) is 29.2 Å². The van der Waals surface area contributed by atoms with Crippen LogP contribution in [0.3, 0.4) is 0 Å². The molecule has 8 heteroatoms. The first-order chi connectivity index (χ1) is 14.0. The largest absolute Gasteiger partial charge is 0.496 e. The van der Waals surface area contributed by atoms with Crippen LogP contribution >= 0.6 is 0 Å². The Kier molecular flexibility index (Phi) is 8.72. The number of nitrogens with one attached hydrogen (secondary N) is 1. The van der Waals surface area contributed by atoms with E-state index in [-0.39, 0.29) is 43.2 Å². The highest BCUT2D eigenvalue weighted by Crippen LogP contribution is 2.37. The smallest absolute Gasteiger partial charge is 0.407 e.